The summed E-state index contributed by atoms with van der Waals surface area (Å²) in [7, 11) is -3.89. The van der Waals surface area contributed by atoms with Crippen LogP contribution in [0.1, 0.15) is 88.9 Å². The van der Waals surface area contributed by atoms with E-state index >= 15 is 0 Å². The van der Waals surface area contributed by atoms with E-state index in [9.17, 15) is 32.4 Å². The third-order valence-electron chi connectivity index (χ3n) is 11.2. The lowest BCUT2D eigenvalue weighted by Gasteiger charge is -2.33. The van der Waals surface area contributed by atoms with Gasteiger partial charge in [0.25, 0.3) is 11.8 Å². The number of ether oxygens (including phenoxy) is 1. The number of carbonyl (C=O) groups excluding carboxylic acids is 5. The third-order valence-corrected chi connectivity index (χ3v) is 13.9. The molecule has 15 heteroatoms. The quantitative estimate of drug-likeness (QED) is 0.311. The molecule has 6 atom stereocenters. The first-order valence-electron chi connectivity index (χ1n) is 19.0. The Labute approximate surface area is 320 Å². The number of thiazole rings is 1. The van der Waals surface area contributed by atoms with Gasteiger partial charge in [-0.3, -0.25) is 28.7 Å². The lowest BCUT2D eigenvalue weighted by atomic mass is 9.92. The molecule has 13 nitrogen and oxygen atoms in total. The summed E-state index contributed by atoms with van der Waals surface area (Å²) in [4.78, 5) is 77.7. The van der Waals surface area contributed by atoms with Crippen molar-refractivity contribution in [2.24, 2.45) is 23.7 Å². The Kier molecular flexibility index (Phi) is 10.5. The number of rotatable bonds is 7. The maximum Gasteiger partial charge on any atom is 0.307 e. The van der Waals surface area contributed by atoms with Crippen LogP contribution in [0.2, 0.25) is 0 Å². The van der Waals surface area contributed by atoms with E-state index < -0.39 is 68.0 Å². The summed E-state index contributed by atoms with van der Waals surface area (Å²) in [6, 6.07) is 6.22. The van der Waals surface area contributed by atoms with Gasteiger partial charge in [-0.2, -0.15) is 0 Å². The molecule has 54 heavy (non-hydrogen) atoms. The molecule has 4 heterocycles. The van der Waals surface area contributed by atoms with Crippen molar-refractivity contribution in [3.8, 4) is 10.6 Å². The molecule has 0 unspecified atom stereocenters. The van der Waals surface area contributed by atoms with E-state index in [1.807, 2.05) is 35.7 Å². The second-order valence-corrected chi connectivity index (χ2v) is 19.3. The Morgan fingerprint density at radius 2 is 1.87 bits per heavy atom. The monoisotopic (exact) mass is 779 g/mol. The number of hydrogen-bond donors (Lipinski definition) is 2. The number of hydrogen-bond acceptors (Lipinski definition) is 10. The summed E-state index contributed by atoms with van der Waals surface area (Å²) in [5, 5.41) is 4.98. The molecule has 1 aromatic heterocycles. The summed E-state index contributed by atoms with van der Waals surface area (Å²) < 4.78 is 33.6. The highest BCUT2D eigenvalue weighted by Gasteiger charge is 2.63. The average molecular weight is 780 g/mol. The van der Waals surface area contributed by atoms with E-state index in [1.165, 1.54) is 11.3 Å². The molecule has 2 saturated carbocycles. The molecule has 2 aliphatic carbocycles. The number of sulfonamides is 1. The third kappa shape index (κ3) is 8.12. The molecule has 0 bridgehead atoms. The summed E-state index contributed by atoms with van der Waals surface area (Å²) in [6.07, 6.45) is 10.1. The zero-order valence-corrected chi connectivity index (χ0v) is 32.6. The van der Waals surface area contributed by atoms with Crippen LogP contribution in [0.3, 0.4) is 0 Å². The molecular formula is C39H49N5O8S2. The predicted octanol–water partition coefficient (Wildman–Crippen LogP) is 4.06. The van der Waals surface area contributed by atoms with Gasteiger partial charge in [-0.05, 0) is 71.4 Å². The molecular weight excluding hydrogens is 731 g/mol. The summed E-state index contributed by atoms with van der Waals surface area (Å²) in [6.45, 7) is 6.01. The Balaban J connectivity index is 1.18. The fourth-order valence-corrected chi connectivity index (χ4v) is 10.3. The number of carbonyl (C=O) groups is 5. The van der Waals surface area contributed by atoms with Crippen molar-refractivity contribution in [3.63, 3.8) is 0 Å². The van der Waals surface area contributed by atoms with Crippen molar-refractivity contribution in [2.45, 2.75) is 101 Å². The van der Waals surface area contributed by atoms with Crippen molar-refractivity contribution < 1.29 is 37.1 Å². The van der Waals surface area contributed by atoms with Gasteiger partial charge in [0.1, 0.15) is 22.2 Å². The maximum absolute atomic E-state index is 14.7. The highest BCUT2D eigenvalue weighted by atomic mass is 32.2. The molecule has 0 radical (unpaired) electrons. The van der Waals surface area contributed by atoms with Crippen LogP contribution in [-0.2, 0) is 33.9 Å². The van der Waals surface area contributed by atoms with Crippen molar-refractivity contribution in [2.75, 3.05) is 19.6 Å². The van der Waals surface area contributed by atoms with Gasteiger partial charge in [0.05, 0.1) is 11.7 Å². The number of fused-ring (bicyclic) bond motifs is 4. The molecule has 4 amide bonds. The minimum atomic E-state index is -3.89. The van der Waals surface area contributed by atoms with E-state index in [0.29, 0.717) is 44.2 Å². The highest BCUT2D eigenvalue weighted by molar-refractivity contribution is 7.91. The molecule has 5 aliphatic rings. The molecule has 1 aromatic carbocycles. The van der Waals surface area contributed by atoms with E-state index in [1.54, 1.807) is 42.8 Å². The van der Waals surface area contributed by atoms with Crippen LogP contribution in [0, 0.1) is 23.7 Å². The SMILES string of the molecule is CC(C)(C)OC(=O)C[C@@H]1CCCCC/C=C\[C@@H]2C[C@@]2(C(=O)NS(=O)(=O)C2CC2)NC(=O)[C@@H]2[C@H]3CN(C(=O)c4cccc(-c5nccs5)c4)C[C@H]3CN2C1=O. The topological polar surface area (TPSA) is 172 Å². The molecule has 4 fully saturated rings. The Morgan fingerprint density at radius 3 is 2.59 bits per heavy atom. The smallest absolute Gasteiger partial charge is 0.307 e. The molecule has 290 valence electrons. The number of allylic oxidation sites excluding steroid dienone is 1. The van der Waals surface area contributed by atoms with Gasteiger partial charge in [0, 0.05) is 66.0 Å². The van der Waals surface area contributed by atoms with Crippen LogP contribution in [0.5, 0.6) is 0 Å². The standard InChI is InChI=1S/C39H49N5O8S2/c1-38(2,3)52-31(45)19-26-10-7-5-4-6-8-13-28-20-39(28,37(49)42-54(50,51)29-14-15-29)41-33(46)32-30-23-43(21-27(30)22-44(32)36(26)48)35(47)25-12-9-11-24(18-25)34-40-16-17-53-34/h8-9,11-13,16-18,26-30,32H,4-7,10,14-15,19-23H2,1-3H3,(H,41,46)(H,42,49)/b13-8-/t26-,27-,28+,30-,32-,39+/m0/s1. The van der Waals surface area contributed by atoms with Gasteiger partial charge in [-0.15, -0.1) is 11.3 Å². The lowest BCUT2D eigenvalue weighted by Crippen LogP contribution is -2.58. The van der Waals surface area contributed by atoms with Gasteiger partial charge < -0.3 is 19.9 Å². The zero-order valence-electron chi connectivity index (χ0n) is 31.0. The van der Waals surface area contributed by atoms with Crippen LogP contribution < -0.4 is 10.0 Å². The van der Waals surface area contributed by atoms with Crippen molar-refractivity contribution in [3.05, 3.63) is 53.6 Å². The van der Waals surface area contributed by atoms with Gasteiger partial charge in [0.15, 0.2) is 0 Å². The van der Waals surface area contributed by atoms with E-state index in [4.69, 9.17) is 4.74 Å². The van der Waals surface area contributed by atoms with Crippen LogP contribution in [0.15, 0.2) is 48.0 Å². The van der Waals surface area contributed by atoms with Gasteiger partial charge in [-0.25, -0.2) is 13.4 Å². The maximum atomic E-state index is 14.7. The Bertz CT molecular complexity index is 1940. The number of esters is 1. The normalized spacial score (nSPS) is 29.5. The van der Waals surface area contributed by atoms with Crippen LogP contribution in [-0.4, -0.2) is 94.9 Å². The van der Waals surface area contributed by atoms with E-state index in [2.05, 4.69) is 15.0 Å². The van der Waals surface area contributed by atoms with Crippen LogP contribution in [0.4, 0.5) is 0 Å². The second-order valence-electron chi connectivity index (χ2n) is 16.5. The number of benzene rings is 1. The fraction of sp³-hybridized carbons (Fsp3) is 0.590. The first-order valence-corrected chi connectivity index (χ1v) is 21.4. The van der Waals surface area contributed by atoms with E-state index in [0.717, 1.165) is 23.4 Å². The Hall–Kier alpha value is -4.11. The molecule has 3 aliphatic heterocycles. The number of aromatic nitrogens is 1. The highest BCUT2D eigenvalue weighted by Crippen LogP contribution is 2.47. The van der Waals surface area contributed by atoms with Gasteiger partial charge in [-0.1, -0.05) is 37.1 Å². The van der Waals surface area contributed by atoms with Crippen molar-refractivity contribution >= 4 is 51.0 Å². The zero-order chi connectivity index (χ0) is 38.4. The van der Waals surface area contributed by atoms with Crippen molar-refractivity contribution in [1.82, 2.24) is 24.8 Å². The summed E-state index contributed by atoms with van der Waals surface area (Å²) in [5.41, 5.74) is -0.926. The Morgan fingerprint density at radius 1 is 1.07 bits per heavy atom. The first-order chi connectivity index (χ1) is 25.6. The van der Waals surface area contributed by atoms with Crippen molar-refractivity contribution in [1.29, 1.82) is 0 Å². The summed E-state index contributed by atoms with van der Waals surface area (Å²) in [5.74, 6) is -4.23. The lowest BCUT2D eigenvalue weighted by molar-refractivity contribution is -0.159. The number of nitrogens with one attached hydrogen (secondary N) is 2. The largest absolute Gasteiger partial charge is 0.460 e. The molecule has 2 N–H and O–H groups in total. The average Bonchev–Trinajstić information content (AvgIpc) is 3.91. The van der Waals surface area contributed by atoms with Crippen LogP contribution >= 0.6 is 11.3 Å². The second kappa shape index (κ2) is 14.9. The van der Waals surface area contributed by atoms with Crippen LogP contribution in [0.25, 0.3) is 10.6 Å². The number of likely N-dealkylation sites (tertiary alicyclic amines) is 1. The predicted molar refractivity (Wildman–Crippen MR) is 201 cm³/mol. The van der Waals surface area contributed by atoms with Gasteiger partial charge >= 0.3 is 5.97 Å². The first kappa shape index (κ1) is 38.2. The number of nitrogens with zero attached hydrogens (tertiary/aromatic N) is 3. The molecule has 2 saturated heterocycles. The minimum Gasteiger partial charge on any atom is -0.460 e. The fourth-order valence-electron chi connectivity index (χ4n) is 8.29. The number of amides is 4. The van der Waals surface area contributed by atoms with E-state index in [-0.39, 0.29) is 43.7 Å². The molecule has 7 rings (SSSR count). The summed E-state index contributed by atoms with van der Waals surface area (Å²) >= 11 is 1.47. The van der Waals surface area contributed by atoms with Gasteiger partial charge in [0.2, 0.25) is 21.8 Å². The molecule has 0 spiro atoms. The minimum absolute atomic E-state index is 0.135. The molecule has 2 aromatic rings.